The van der Waals surface area contributed by atoms with E-state index in [1.165, 1.54) is 11.8 Å². The molecule has 5 heteroatoms. The molecule has 2 N–H and O–H groups in total. The molecular weight excluding hydrogens is 340 g/mol. The minimum Gasteiger partial charge on any atom is -0.352 e. The number of amides is 1. The molecule has 3 nitrogen and oxygen atoms in total. The molecule has 1 atom stereocenters. The van der Waals surface area contributed by atoms with Gasteiger partial charge in [0.05, 0.1) is 5.02 Å². The molecule has 126 valence electrons. The van der Waals surface area contributed by atoms with Crippen LogP contribution >= 0.6 is 23.4 Å². The fourth-order valence-electron chi connectivity index (χ4n) is 2.81. The second kappa shape index (κ2) is 8.56. The first-order valence-corrected chi connectivity index (χ1v) is 9.47. The molecule has 1 aliphatic rings. The Morgan fingerprint density at radius 2 is 1.75 bits per heavy atom. The third kappa shape index (κ3) is 4.53. The van der Waals surface area contributed by atoms with E-state index in [0.717, 1.165) is 36.4 Å². The fourth-order valence-corrected chi connectivity index (χ4v) is 4.14. The van der Waals surface area contributed by atoms with Gasteiger partial charge in [0.2, 0.25) is 5.91 Å². The van der Waals surface area contributed by atoms with Gasteiger partial charge >= 0.3 is 0 Å². The number of rotatable bonds is 5. The molecule has 0 aromatic heterocycles. The van der Waals surface area contributed by atoms with Gasteiger partial charge in [0.15, 0.2) is 0 Å². The van der Waals surface area contributed by atoms with E-state index in [2.05, 4.69) is 10.6 Å². The van der Waals surface area contributed by atoms with Gasteiger partial charge in [-0.2, -0.15) is 0 Å². The quantitative estimate of drug-likeness (QED) is 0.790. The maximum Gasteiger partial charge on any atom is 0.238 e. The van der Waals surface area contributed by atoms with E-state index in [4.69, 9.17) is 11.6 Å². The largest absolute Gasteiger partial charge is 0.352 e. The smallest absolute Gasteiger partial charge is 0.238 e. The van der Waals surface area contributed by atoms with Crippen LogP contribution in [0.2, 0.25) is 5.02 Å². The number of benzene rings is 2. The lowest BCUT2D eigenvalue weighted by Crippen LogP contribution is -2.44. The highest BCUT2D eigenvalue weighted by molar-refractivity contribution is 8.00. The third-order valence-corrected chi connectivity index (χ3v) is 5.88. The summed E-state index contributed by atoms with van der Waals surface area (Å²) in [4.78, 5) is 13.9. The number of thioether (sulfide) groups is 1. The van der Waals surface area contributed by atoms with Crippen LogP contribution in [0.3, 0.4) is 0 Å². The van der Waals surface area contributed by atoms with Gasteiger partial charge < -0.3 is 10.6 Å². The minimum absolute atomic E-state index is 0.0537. The van der Waals surface area contributed by atoms with Crippen molar-refractivity contribution in [2.45, 2.75) is 29.0 Å². The van der Waals surface area contributed by atoms with Crippen molar-refractivity contribution in [1.29, 1.82) is 0 Å². The summed E-state index contributed by atoms with van der Waals surface area (Å²) in [5.74, 6) is 0.0537. The Hall–Kier alpha value is -1.49. The molecule has 1 aliphatic heterocycles. The number of carbonyl (C=O) groups excluding carboxylic acids is 1. The van der Waals surface area contributed by atoms with E-state index in [0.29, 0.717) is 5.02 Å². The number of piperidine rings is 1. The van der Waals surface area contributed by atoms with Crippen LogP contribution in [0.15, 0.2) is 59.5 Å². The van der Waals surface area contributed by atoms with Gasteiger partial charge in [-0.05, 0) is 43.6 Å². The molecule has 2 aromatic rings. The third-order valence-electron chi connectivity index (χ3n) is 4.11. The van der Waals surface area contributed by atoms with Crippen LogP contribution in [0.1, 0.15) is 23.7 Å². The Morgan fingerprint density at radius 1 is 1.08 bits per heavy atom. The summed E-state index contributed by atoms with van der Waals surface area (Å²) >= 11 is 7.80. The van der Waals surface area contributed by atoms with E-state index in [-0.39, 0.29) is 17.2 Å². The second-order valence-electron chi connectivity index (χ2n) is 5.87. The summed E-state index contributed by atoms with van der Waals surface area (Å²) in [6.45, 7) is 1.91. The van der Waals surface area contributed by atoms with E-state index in [1.54, 1.807) is 0 Å². The van der Waals surface area contributed by atoms with Crippen LogP contribution in [-0.4, -0.2) is 25.0 Å². The van der Waals surface area contributed by atoms with Crippen LogP contribution in [0.5, 0.6) is 0 Å². The molecule has 1 saturated heterocycles. The van der Waals surface area contributed by atoms with Crippen LogP contribution < -0.4 is 10.6 Å². The number of hydrogen-bond donors (Lipinski definition) is 2. The predicted octanol–water partition coefficient (Wildman–Crippen LogP) is 4.04. The summed E-state index contributed by atoms with van der Waals surface area (Å²) in [5, 5.41) is 6.91. The highest BCUT2D eigenvalue weighted by atomic mass is 35.5. The zero-order valence-electron chi connectivity index (χ0n) is 13.4. The Morgan fingerprint density at radius 3 is 2.46 bits per heavy atom. The molecule has 0 radical (unpaired) electrons. The Bertz CT molecular complexity index is 674. The fraction of sp³-hybridized carbons (Fsp3) is 0.316. The summed E-state index contributed by atoms with van der Waals surface area (Å²) in [7, 11) is 0. The molecule has 24 heavy (non-hydrogen) atoms. The van der Waals surface area contributed by atoms with Crippen molar-refractivity contribution in [2.24, 2.45) is 0 Å². The van der Waals surface area contributed by atoms with Crippen molar-refractivity contribution in [3.8, 4) is 0 Å². The van der Waals surface area contributed by atoms with Crippen LogP contribution in [0.4, 0.5) is 0 Å². The highest BCUT2D eigenvalue weighted by Gasteiger charge is 2.25. The minimum atomic E-state index is -0.305. The normalized spacial score (nSPS) is 16.5. The van der Waals surface area contributed by atoms with Gasteiger partial charge in [0.1, 0.15) is 5.25 Å². The SMILES string of the molecule is O=C(NC1CCNCC1)C(Sc1ccccc1Cl)c1ccccc1. The van der Waals surface area contributed by atoms with Gasteiger partial charge in [0.25, 0.3) is 0 Å². The molecule has 1 fully saturated rings. The lowest BCUT2D eigenvalue weighted by Gasteiger charge is -2.26. The van der Waals surface area contributed by atoms with E-state index >= 15 is 0 Å². The first-order chi connectivity index (χ1) is 11.7. The molecule has 3 rings (SSSR count). The number of carbonyl (C=O) groups is 1. The first-order valence-electron chi connectivity index (χ1n) is 8.21. The molecule has 0 aliphatic carbocycles. The number of halogens is 1. The van der Waals surface area contributed by atoms with Crippen molar-refractivity contribution in [1.82, 2.24) is 10.6 Å². The zero-order valence-corrected chi connectivity index (χ0v) is 14.9. The van der Waals surface area contributed by atoms with Crippen molar-refractivity contribution in [3.05, 3.63) is 65.2 Å². The monoisotopic (exact) mass is 360 g/mol. The average Bonchev–Trinajstić information content (AvgIpc) is 2.62. The standard InChI is InChI=1S/C19H21ClN2OS/c20-16-8-4-5-9-17(16)24-18(14-6-2-1-3-7-14)19(23)22-15-10-12-21-13-11-15/h1-9,15,18,21H,10-13H2,(H,22,23). The summed E-state index contributed by atoms with van der Waals surface area (Å²) < 4.78 is 0. The summed E-state index contributed by atoms with van der Waals surface area (Å²) in [5.41, 5.74) is 0.994. The maximum absolute atomic E-state index is 12.9. The maximum atomic E-state index is 12.9. The molecule has 0 spiro atoms. The summed E-state index contributed by atoms with van der Waals surface area (Å²) in [6.07, 6.45) is 1.95. The number of nitrogens with one attached hydrogen (secondary N) is 2. The van der Waals surface area contributed by atoms with Crippen molar-refractivity contribution < 1.29 is 4.79 Å². The lowest BCUT2D eigenvalue weighted by atomic mass is 10.1. The van der Waals surface area contributed by atoms with Crippen LogP contribution in [-0.2, 0) is 4.79 Å². The van der Waals surface area contributed by atoms with Gasteiger partial charge in [-0.1, -0.05) is 54.1 Å². The predicted molar refractivity (Wildman–Crippen MR) is 101 cm³/mol. The zero-order chi connectivity index (χ0) is 16.8. The first kappa shape index (κ1) is 17.3. The van der Waals surface area contributed by atoms with Gasteiger partial charge in [-0.25, -0.2) is 0 Å². The van der Waals surface area contributed by atoms with Crippen molar-refractivity contribution >= 4 is 29.3 Å². The highest BCUT2D eigenvalue weighted by Crippen LogP contribution is 2.39. The molecule has 1 amide bonds. The van der Waals surface area contributed by atoms with E-state index < -0.39 is 0 Å². The Kier molecular flexibility index (Phi) is 6.18. The molecule has 1 heterocycles. The van der Waals surface area contributed by atoms with E-state index in [1.807, 2.05) is 54.6 Å². The Labute approximate surface area is 152 Å². The van der Waals surface area contributed by atoms with Crippen LogP contribution in [0.25, 0.3) is 0 Å². The average molecular weight is 361 g/mol. The molecular formula is C19H21ClN2OS. The van der Waals surface area contributed by atoms with Crippen molar-refractivity contribution in [3.63, 3.8) is 0 Å². The van der Waals surface area contributed by atoms with Crippen molar-refractivity contribution in [2.75, 3.05) is 13.1 Å². The summed E-state index contributed by atoms with van der Waals surface area (Å²) in [6, 6.07) is 17.8. The van der Waals surface area contributed by atoms with E-state index in [9.17, 15) is 4.79 Å². The van der Waals surface area contributed by atoms with Crippen LogP contribution in [0, 0.1) is 0 Å². The topological polar surface area (TPSA) is 41.1 Å². The van der Waals surface area contributed by atoms with Gasteiger partial charge in [-0.3, -0.25) is 4.79 Å². The van der Waals surface area contributed by atoms with Gasteiger partial charge in [0, 0.05) is 10.9 Å². The lowest BCUT2D eigenvalue weighted by molar-refractivity contribution is -0.121. The number of hydrogen-bond acceptors (Lipinski definition) is 3. The second-order valence-corrected chi connectivity index (χ2v) is 7.43. The Balaban J connectivity index is 1.79. The van der Waals surface area contributed by atoms with Gasteiger partial charge in [-0.15, -0.1) is 11.8 Å². The molecule has 0 bridgehead atoms. The molecule has 0 saturated carbocycles. The molecule has 1 unspecified atom stereocenters. The molecule has 2 aromatic carbocycles.